The molecule has 0 spiro atoms. The summed E-state index contributed by atoms with van der Waals surface area (Å²) in [5, 5.41) is 3.08. The van der Waals surface area contributed by atoms with Gasteiger partial charge in [-0.3, -0.25) is 4.79 Å². The van der Waals surface area contributed by atoms with E-state index < -0.39 is 21.6 Å². The summed E-state index contributed by atoms with van der Waals surface area (Å²) in [4.78, 5) is 12.5. The highest BCUT2D eigenvalue weighted by molar-refractivity contribution is 7.88. The van der Waals surface area contributed by atoms with Crippen LogP contribution in [0.25, 0.3) is 0 Å². The first-order valence-corrected chi connectivity index (χ1v) is 12.0. The Morgan fingerprint density at radius 1 is 1.17 bits per heavy atom. The smallest absolute Gasteiger partial charge is 0.223 e. The van der Waals surface area contributed by atoms with Crippen molar-refractivity contribution < 1.29 is 17.6 Å². The number of nitrogens with zero attached hydrogens (tertiary/aromatic N) is 1. The molecule has 5 nitrogen and oxygen atoms in total. The van der Waals surface area contributed by atoms with Gasteiger partial charge in [-0.1, -0.05) is 54.9 Å². The van der Waals surface area contributed by atoms with Crippen LogP contribution in [0.2, 0.25) is 5.02 Å². The van der Waals surface area contributed by atoms with Crippen molar-refractivity contribution in [1.29, 1.82) is 0 Å². The number of benzene rings is 2. The van der Waals surface area contributed by atoms with E-state index in [0.717, 1.165) is 5.56 Å². The molecule has 0 aliphatic carbocycles. The zero-order chi connectivity index (χ0) is 21.7. The molecule has 1 amide bonds. The van der Waals surface area contributed by atoms with Crippen molar-refractivity contribution in [2.45, 2.75) is 31.4 Å². The monoisotopic (exact) mass is 452 g/mol. The molecule has 2 aromatic rings. The standard InChI is InChI=1S/C22H26ClFN2O3S/c1-16(17-6-3-2-4-7-17)14-25-22(27)18-10-12-26(13-11-18)30(28,29)15-19-20(23)8-5-9-21(19)24/h2-9,16,18H,10-15H2,1H3,(H,25,27)/t16-/m0/s1. The predicted molar refractivity (Wildman–Crippen MR) is 116 cm³/mol. The third-order valence-electron chi connectivity index (χ3n) is 5.56. The maximum absolute atomic E-state index is 14.0. The highest BCUT2D eigenvalue weighted by Crippen LogP contribution is 2.26. The number of halogens is 2. The Morgan fingerprint density at radius 3 is 2.47 bits per heavy atom. The van der Waals surface area contributed by atoms with Crippen LogP contribution in [0.3, 0.4) is 0 Å². The number of amides is 1. The molecule has 8 heteroatoms. The van der Waals surface area contributed by atoms with Gasteiger partial charge in [0.15, 0.2) is 0 Å². The van der Waals surface area contributed by atoms with Gasteiger partial charge in [0.1, 0.15) is 5.82 Å². The zero-order valence-corrected chi connectivity index (χ0v) is 18.4. The third-order valence-corrected chi connectivity index (χ3v) is 7.72. The Bertz CT molecular complexity index is 957. The molecule has 1 atom stereocenters. The fourth-order valence-corrected chi connectivity index (χ4v) is 5.55. The molecular weight excluding hydrogens is 427 g/mol. The predicted octanol–water partition coefficient (Wildman–Crippen LogP) is 3.94. The Kier molecular flexibility index (Phi) is 7.50. The van der Waals surface area contributed by atoms with E-state index in [9.17, 15) is 17.6 Å². The van der Waals surface area contributed by atoms with Gasteiger partial charge in [-0.2, -0.15) is 0 Å². The summed E-state index contributed by atoms with van der Waals surface area (Å²) in [6.45, 7) is 3.06. The molecule has 0 aromatic heterocycles. The minimum atomic E-state index is -3.72. The summed E-state index contributed by atoms with van der Waals surface area (Å²) in [7, 11) is -3.72. The summed E-state index contributed by atoms with van der Waals surface area (Å²) in [6, 6.07) is 14.1. The number of hydrogen-bond acceptors (Lipinski definition) is 3. The first kappa shape index (κ1) is 22.7. The van der Waals surface area contributed by atoms with Gasteiger partial charge < -0.3 is 5.32 Å². The van der Waals surface area contributed by atoms with Crippen LogP contribution in [0, 0.1) is 11.7 Å². The van der Waals surface area contributed by atoms with Crippen molar-refractivity contribution in [2.24, 2.45) is 5.92 Å². The van der Waals surface area contributed by atoms with Crippen molar-refractivity contribution in [1.82, 2.24) is 9.62 Å². The highest BCUT2D eigenvalue weighted by atomic mass is 35.5. The van der Waals surface area contributed by atoms with Gasteiger partial charge in [-0.05, 0) is 36.5 Å². The molecule has 0 bridgehead atoms. The lowest BCUT2D eigenvalue weighted by Gasteiger charge is -2.31. The average Bonchev–Trinajstić information content (AvgIpc) is 2.75. The molecule has 1 saturated heterocycles. The van der Waals surface area contributed by atoms with Crippen molar-refractivity contribution in [3.05, 3.63) is 70.5 Å². The van der Waals surface area contributed by atoms with Crippen LogP contribution in [-0.2, 0) is 20.6 Å². The topological polar surface area (TPSA) is 66.5 Å². The largest absolute Gasteiger partial charge is 0.355 e. The number of rotatable bonds is 7. The number of piperidine rings is 1. The second kappa shape index (κ2) is 9.90. The molecule has 0 unspecified atom stereocenters. The van der Waals surface area contributed by atoms with Crippen LogP contribution in [0.1, 0.15) is 36.8 Å². The SMILES string of the molecule is C[C@@H](CNC(=O)C1CCN(S(=O)(=O)Cc2c(F)cccc2Cl)CC1)c1ccccc1. The van der Waals surface area contributed by atoms with Gasteiger partial charge in [-0.15, -0.1) is 0 Å². The second-order valence-corrected chi connectivity index (χ2v) is 10.1. The van der Waals surface area contributed by atoms with Crippen LogP contribution in [0.5, 0.6) is 0 Å². The fraction of sp³-hybridized carbons (Fsp3) is 0.409. The quantitative estimate of drug-likeness (QED) is 0.691. The lowest BCUT2D eigenvalue weighted by atomic mass is 9.96. The average molecular weight is 453 g/mol. The molecule has 30 heavy (non-hydrogen) atoms. The molecule has 1 aliphatic rings. The highest BCUT2D eigenvalue weighted by Gasteiger charge is 2.32. The Balaban J connectivity index is 1.52. The maximum atomic E-state index is 14.0. The molecule has 3 rings (SSSR count). The Labute approximate surface area is 182 Å². The van der Waals surface area contributed by atoms with Crippen molar-refractivity contribution in [2.75, 3.05) is 19.6 Å². The van der Waals surface area contributed by atoms with Gasteiger partial charge in [-0.25, -0.2) is 17.1 Å². The van der Waals surface area contributed by atoms with E-state index in [0.29, 0.717) is 19.4 Å². The Hall–Kier alpha value is -1.96. The van der Waals surface area contributed by atoms with E-state index in [2.05, 4.69) is 12.2 Å². The van der Waals surface area contributed by atoms with Gasteiger partial charge in [0, 0.05) is 36.1 Å². The fourth-order valence-electron chi connectivity index (χ4n) is 3.64. The van der Waals surface area contributed by atoms with Crippen LogP contribution in [-0.4, -0.2) is 38.3 Å². The molecule has 162 valence electrons. The van der Waals surface area contributed by atoms with Crippen LogP contribution >= 0.6 is 11.6 Å². The first-order valence-electron chi connectivity index (χ1n) is 10.0. The number of nitrogens with one attached hydrogen (secondary N) is 1. The van der Waals surface area contributed by atoms with Crippen LogP contribution < -0.4 is 5.32 Å². The number of carbonyl (C=O) groups excluding carboxylic acids is 1. The van der Waals surface area contributed by atoms with Crippen LogP contribution in [0.4, 0.5) is 4.39 Å². The summed E-state index contributed by atoms with van der Waals surface area (Å²) in [5.74, 6) is -1.19. The minimum absolute atomic E-state index is 0.0195. The summed E-state index contributed by atoms with van der Waals surface area (Å²) < 4.78 is 40.7. The van der Waals surface area contributed by atoms with Gasteiger partial charge >= 0.3 is 0 Å². The molecule has 2 aromatic carbocycles. The molecule has 1 fully saturated rings. The third kappa shape index (κ3) is 5.59. The summed E-state index contributed by atoms with van der Waals surface area (Å²) in [6.07, 6.45) is 0.881. The lowest BCUT2D eigenvalue weighted by molar-refractivity contribution is -0.126. The van der Waals surface area contributed by atoms with E-state index in [1.54, 1.807) is 0 Å². The van der Waals surface area contributed by atoms with Crippen molar-refractivity contribution >= 4 is 27.5 Å². The summed E-state index contributed by atoms with van der Waals surface area (Å²) in [5.41, 5.74) is 1.14. The number of hydrogen-bond donors (Lipinski definition) is 1. The van der Waals surface area contributed by atoms with Gasteiger partial charge in [0.25, 0.3) is 0 Å². The Morgan fingerprint density at radius 2 is 1.83 bits per heavy atom. The van der Waals surface area contributed by atoms with Crippen molar-refractivity contribution in [3.63, 3.8) is 0 Å². The molecule has 1 N–H and O–H groups in total. The van der Waals surface area contributed by atoms with E-state index >= 15 is 0 Å². The molecule has 0 radical (unpaired) electrons. The molecule has 0 saturated carbocycles. The maximum Gasteiger partial charge on any atom is 0.223 e. The second-order valence-electron chi connectivity index (χ2n) is 7.69. The minimum Gasteiger partial charge on any atom is -0.355 e. The molecular formula is C22H26ClFN2O3S. The lowest BCUT2D eigenvalue weighted by Crippen LogP contribution is -2.43. The number of carbonyl (C=O) groups is 1. The normalized spacial score (nSPS) is 16.9. The first-order chi connectivity index (χ1) is 14.3. The van der Waals surface area contributed by atoms with E-state index in [1.807, 2.05) is 30.3 Å². The van der Waals surface area contributed by atoms with E-state index in [-0.39, 0.29) is 41.4 Å². The summed E-state index contributed by atoms with van der Waals surface area (Å²) >= 11 is 5.97. The number of sulfonamides is 1. The van der Waals surface area contributed by atoms with E-state index in [1.165, 1.54) is 22.5 Å². The van der Waals surface area contributed by atoms with Gasteiger partial charge in [0.2, 0.25) is 15.9 Å². The van der Waals surface area contributed by atoms with Crippen LogP contribution in [0.15, 0.2) is 48.5 Å². The zero-order valence-electron chi connectivity index (χ0n) is 16.9. The van der Waals surface area contributed by atoms with Crippen molar-refractivity contribution in [3.8, 4) is 0 Å². The van der Waals surface area contributed by atoms with E-state index in [4.69, 9.17) is 11.6 Å². The molecule has 1 aliphatic heterocycles. The molecule has 1 heterocycles. The van der Waals surface area contributed by atoms with Gasteiger partial charge in [0.05, 0.1) is 5.75 Å².